The molecule has 1 aromatic carbocycles. The molecule has 2 rings (SSSR count). The lowest BCUT2D eigenvalue weighted by Crippen LogP contribution is -2.30. The van der Waals surface area contributed by atoms with Crippen LogP contribution >= 0.6 is 0 Å². The molecular weight excluding hydrogens is 228 g/mol. The highest BCUT2D eigenvalue weighted by Gasteiger charge is 2.39. The Bertz CT molecular complexity index is 403. The van der Waals surface area contributed by atoms with Crippen LogP contribution in [0.5, 0.6) is 5.75 Å². The number of rotatable bonds is 6. The molecule has 1 saturated heterocycles. The van der Waals surface area contributed by atoms with E-state index in [0.717, 1.165) is 31.8 Å². The van der Waals surface area contributed by atoms with E-state index in [4.69, 9.17) is 4.74 Å². The predicted molar refractivity (Wildman–Crippen MR) is 70.5 cm³/mol. The number of amides is 1. The van der Waals surface area contributed by atoms with Gasteiger partial charge in [0, 0.05) is 19.6 Å². The van der Waals surface area contributed by atoms with E-state index in [0.29, 0.717) is 0 Å². The number of nitrogens with one attached hydrogen (secondary N) is 1. The number of ether oxygens (including phenoxy) is 1. The third-order valence-corrected chi connectivity index (χ3v) is 3.11. The van der Waals surface area contributed by atoms with Crippen LogP contribution < -0.4 is 10.1 Å². The topological polar surface area (TPSA) is 41.3 Å². The lowest BCUT2D eigenvalue weighted by atomic mass is 10.2. The molecule has 1 heterocycles. The molecular formula is C14H20N2O2. The molecule has 1 amide bonds. The van der Waals surface area contributed by atoms with Crippen LogP contribution in [-0.2, 0) is 11.3 Å². The van der Waals surface area contributed by atoms with Crippen molar-refractivity contribution in [1.29, 1.82) is 0 Å². The average Bonchev–Trinajstić information content (AvgIpc) is 3.16. The minimum Gasteiger partial charge on any atom is -0.497 e. The summed E-state index contributed by atoms with van der Waals surface area (Å²) in [5.41, 5.74) is 1.21. The van der Waals surface area contributed by atoms with Crippen LogP contribution in [0.15, 0.2) is 24.3 Å². The van der Waals surface area contributed by atoms with Gasteiger partial charge in [-0.25, -0.2) is 0 Å². The normalized spacial score (nSPS) is 21.4. The van der Waals surface area contributed by atoms with Gasteiger partial charge < -0.3 is 10.1 Å². The summed E-state index contributed by atoms with van der Waals surface area (Å²) in [6.07, 6.45) is 0.983. The number of benzene rings is 1. The van der Waals surface area contributed by atoms with Gasteiger partial charge in [0.1, 0.15) is 11.8 Å². The fraction of sp³-hybridized carbons (Fsp3) is 0.500. The molecule has 1 N–H and O–H groups in total. The largest absolute Gasteiger partial charge is 0.497 e. The molecule has 2 atom stereocenters. The monoisotopic (exact) mass is 248 g/mol. The smallest absolute Gasteiger partial charge is 0.238 e. The van der Waals surface area contributed by atoms with Crippen LogP contribution in [0, 0.1) is 0 Å². The highest BCUT2D eigenvalue weighted by atomic mass is 16.5. The van der Waals surface area contributed by atoms with Crippen LogP contribution in [0.25, 0.3) is 0 Å². The number of hydrogen-bond acceptors (Lipinski definition) is 3. The molecule has 1 aliphatic rings. The number of hydrogen-bond donors (Lipinski definition) is 1. The first-order chi connectivity index (χ1) is 8.74. The summed E-state index contributed by atoms with van der Waals surface area (Å²) in [7, 11) is 1.66. The van der Waals surface area contributed by atoms with E-state index in [-0.39, 0.29) is 11.9 Å². The van der Waals surface area contributed by atoms with Gasteiger partial charge in [-0.15, -0.1) is 0 Å². The molecule has 0 saturated carbocycles. The first-order valence-corrected chi connectivity index (χ1v) is 6.39. The van der Waals surface area contributed by atoms with Crippen molar-refractivity contribution in [3.63, 3.8) is 0 Å². The van der Waals surface area contributed by atoms with Crippen molar-refractivity contribution in [3.05, 3.63) is 29.8 Å². The molecule has 98 valence electrons. The van der Waals surface area contributed by atoms with E-state index in [2.05, 4.69) is 17.1 Å². The predicted octanol–water partition coefficient (Wildman–Crippen LogP) is 1.41. The Balaban J connectivity index is 1.79. The van der Waals surface area contributed by atoms with E-state index in [1.165, 1.54) is 5.56 Å². The Hall–Kier alpha value is -1.55. The summed E-state index contributed by atoms with van der Waals surface area (Å²) in [6.45, 7) is 4.52. The number of nitrogens with zero attached hydrogens (tertiary/aromatic N) is 1. The fourth-order valence-corrected chi connectivity index (χ4v) is 1.93. The molecule has 1 fully saturated rings. The minimum absolute atomic E-state index is 0.0682. The maximum atomic E-state index is 11.7. The van der Waals surface area contributed by atoms with Gasteiger partial charge in [0.2, 0.25) is 5.91 Å². The summed E-state index contributed by atoms with van der Waals surface area (Å²) >= 11 is 0. The SMILES string of the molecule is CCCNC(=O)[C@@H]1CN1Cc1ccc(OC)cc1. The molecule has 4 heteroatoms. The zero-order chi connectivity index (χ0) is 13.0. The summed E-state index contributed by atoms with van der Waals surface area (Å²) in [5.74, 6) is 1.02. The van der Waals surface area contributed by atoms with Gasteiger partial charge >= 0.3 is 0 Å². The van der Waals surface area contributed by atoms with Crippen LogP contribution in [0.3, 0.4) is 0 Å². The number of methoxy groups -OCH3 is 1. The molecule has 0 radical (unpaired) electrons. The minimum atomic E-state index is 0.0682. The van der Waals surface area contributed by atoms with E-state index in [9.17, 15) is 4.79 Å². The van der Waals surface area contributed by atoms with E-state index in [1.807, 2.05) is 24.3 Å². The molecule has 0 spiro atoms. The van der Waals surface area contributed by atoms with Crippen molar-refractivity contribution in [1.82, 2.24) is 10.2 Å². The lowest BCUT2D eigenvalue weighted by Gasteiger charge is -2.06. The van der Waals surface area contributed by atoms with Gasteiger partial charge in [0.05, 0.1) is 7.11 Å². The van der Waals surface area contributed by atoms with Crippen molar-refractivity contribution in [2.75, 3.05) is 20.2 Å². The molecule has 4 nitrogen and oxygen atoms in total. The summed E-state index contributed by atoms with van der Waals surface area (Å²) in [6, 6.07) is 8.05. The molecule has 0 bridgehead atoms. The summed E-state index contributed by atoms with van der Waals surface area (Å²) in [4.78, 5) is 13.9. The van der Waals surface area contributed by atoms with E-state index < -0.39 is 0 Å². The Morgan fingerprint density at radius 1 is 1.44 bits per heavy atom. The average molecular weight is 248 g/mol. The summed E-state index contributed by atoms with van der Waals surface area (Å²) < 4.78 is 5.12. The maximum absolute atomic E-state index is 11.7. The van der Waals surface area contributed by atoms with Crippen molar-refractivity contribution in [2.45, 2.75) is 25.9 Å². The zero-order valence-corrected chi connectivity index (χ0v) is 11.0. The number of carbonyl (C=O) groups excluding carboxylic acids is 1. The maximum Gasteiger partial charge on any atom is 0.238 e. The van der Waals surface area contributed by atoms with Crippen molar-refractivity contribution < 1.29 is 9.53 Å². The van der Waals surface area contributed by atoms with Gasteiger partial charge in [-0.1, -0.05) is 19.1 Å². The van der Waals surface area contributed by atoms with Gasteiger partial charge in [0.25, 0.3) is 0 Å². The standard InChI is InChI=1S/C14H20N2O2/c1-3-8-15-14(17)13-10-16(13)9-11-4-6-12(18-2)7-5-11/h4-7,13H,3,8-10H2,1-2H3,(H,15,17)/t13-,16?/m0/s1. The van der Waals surface area contributed by atoms with Crippen molar-refractivity contribution >= 4 is 5.91 Å². The third kappa shape index (κ3) is 3.23. The summed E-state index contributed by atoms with van der Waals surface area (Å²) in [5, 5.41) is 2.93. The molecule has 1 unspecified atom stereocenters. The lowest BCUT2D eigenvalue weighted by molar-refractivity contribution is -0.121. The van der Waals surface area contributed by atoms with E-state index in [1.54, 1.807) is 7.11 Å². The third-order valence-electron chi connectivity index (χ3n) is 3.11. The Morgan fingerprint density at radius 3 is 2.78 bits per heavy atom. The second kappa shape index (κ2) is 5.87. The van der Waals surface area contributed by atoms with Gasteiger partial charge in [-0.2, -0.15) is 0 Å². The zero-order valence-electron chi connectivity index (χ0n) is 11.0. The molecule has 0 aliphatic carbocycles. The van der Waals surface area contributed by atoms with Crippen LogP contribution in [0.1, 0.15) is 18.9 Å². The van der Waals surface area contributed by atoms with Crippen molar-refractivity contribution in [2.24, 2.45) is 0 Å². The Kier molecular flexibility index (Phi) is 4.20. The van der Waals surface area contributed by atoms with E-state index >= 15 is 0 Å². The van der Waals surface area contributed by atoms with Crippen LogP contribution in [0.4, 0.5) is 0 Å². The first-order valence-electron chi connectivity index (χ1n) is 6.39. The molecule has 1 aliphatic heterocycles. The second-order valence-electron chi connectivity index (χ2n) is 4.58. The van der Waals surface area contributed by atoms with Crippen LogP contribution in [-0.4, -0.2) is 37.0 Å². The first kappa shape index (κ1) is 12.9. The van der Waals surface area contributed by atoms with Gasteiger partial charge in [-0.3, -0.25) is 9.69 Å². The highest BCUT2D eigenvalue weighted by Crippen LogP contribution is 2.22. The van der Waals surface area contributed by atoms with Gasteiger partial charge in [0.15, 0.2) is 0 Å². The Morgan fingerprint density at radius 2 is 2.17 bits per heavy atom. The highest BCUT2D eigenvalue weighted by molar-refractivity contribution is 5.84. The number of carbonyl (C=O) groups is 1. The Labute approximate surface area is 108 Å². The van der Waals surface area contributed by atoms with Crippen molar-refractivity contribution in [3.8, 4) is 5.75 Å². The van der Waals surface area contributed by atoms with Crippen LogP contribution in [0.2, 0.25) is 0 Å². The molecule has 18 heavy (non-hydrogen) atoms. The van der Waals surface area contributed by atoms with Gasteiger partial charge in [-0.05, 0) is 24.1 Å². The molecule has 1 aromatic rings. The quantitative estimate of drug-likeness (QED) is 0.774. The molecule has 0 aromatic heterocycles. The fourth-order valence-electron chi connectivity index (χ4n) is 1.93. The second-order valence-corrected chi connectivity index (χ2v) is 4.58.